The van der Waals surface area contributed by atoms with Gasteiger partial charge in [-0.15, -0.1) is 0 Å². The van der Waals surface area contributed by atoms with Crippen LogP contribution in [0.5, 0.6) is 0 Å². The second-order valence-electron chi connectivity index (χ2n) is 7.27. The van der Waals surface area contributed by atoms with Crippen LogP contribution in [0.25, 0.3) is 11.5 Å². The quantitative estimate of drug-likeness (QED) is 0.877. The molecule has 0 saturated carbocycles. The summed E-state index contributed by atoms with van der Waals surface area (Å²) in [7, 11) is 0. The molecule has 2 aromatic heterocycles. The third-order valence-electron chi connectivity index (χ3n) is 5.35. The van der Waals surface area contributed by atoms with Gasteiger partial charge in [0.1, 0.15) is 11.4 Å². The first-order chi connectivity index (χ1) is 12.2. The van der Waals surface area contributed by atoms with Gasteiger partial charge in [-0.05, 0) is 25.8 Å². The fourth-order valence-electron chi connectivity index (χ4n) is 3.73. The molecule has 4 heterocycles. The van der Waals surface area contributed by atoms with Gasteiger partial charge in [-0.25, -0.2) is 0 Å². The molecule has 1 N–H and O–H groups in total. The van der Waals surface area contributed by atoms with Crippen molar-refractivity contribution in [2.24, 2.45) is 0 Å². The minimum atomic E-state index is -4.84. The van der Waals surface area contributed by atoms with Crippen molar-refractivity contribution in [1.82, 2.24) is 14.9 Å². The summed E-state index contributed by atoms with van der Waals surface area (Å²) < 4.78 is 52.2. The molecule has 142 valence electrons. The van der Waals surface area contributed by atoms with Crippen molar-refractivity contribution in [2.75, 3.05) is 13.2 Å². The molecule has 0 amide bonds. The van der Waals surface area contributed by atoms with Gasteiger partial charge in [0.25, 0.3) is 0 Å². The largest absolute Gasteiger partial charge is 0.422 e. The topological polar surface area (TPSA) is 73.3 Å². The zero-order valence-corrected chi connectivity index (χ0v) is 14.5. The number of hydrogen-bond donors (Lipinski definition) is 1. The molecule has 2 aromatic rings. The summed E-state index contributed by atoms with van der Waals surface area (Å²) in [6.45, 7) is 4.25. The smallest absolute Gasteiger partial charge is 0.381 e. The van der Waals surface area contributed by atoms with E-state index >= 15 is 0 Å². The highest BCUT2D eigenvalue weighted by atomic mass is 19.4. The molecule has 0 unspecified atom stereocenters. The highest BCUT2D eigenvalue weighted by Crippen LogP contribution is 2.46. The fourth-order valence-corrected chi connectivity index (χ4v) is 3.73. The summed E-state index contributed by atoms with van der Waals surface area (Å²) in [6.07, 6.45) is -3.12. The summed E-state index contributed by atoms with van der Waals surface area (Å²) in [5.41, 5.74) is -1.73. The molecule has 9 heteroatoms. The van der Waals surface area contributed by atoms with Crippen molar-refractivity contribution in [3.05, 3.63) is 23.0 Å². The fraction of sp³-hybridized carbons (Fsp3) is 0.647. The van der Waals surface area contributed by atoms with Gasteiger partial charge in [-0.2, -0.15) is 18.3 Å². The molecule has 0 aliphatic carbocycles. The second kappa shape index (κ2) is 5.82. The molecule has 26 heavy (non-hydrogen) atoms. The van der Waals surface area contributed by atoms with Crippen LogP contribution in [-0.4, -0.2) is 39.4 Å². The average Bonchev–Trinajstić information content (AvgIpc) is 3.19. The Morgan fingerprint density at radius 3 is 2.62 bits per heavy atom. The number of aromatic nitrogens is 3. The lowest BCUT2D eigenvalue weighted by atomic mass is 9.87. The molecule has 0 radical (unpaired) electrons. The van der Waals surface area contributed by atoms with Crippen LogP contribution in [0, 0.1) is 0 Å². The van der Waals surface area contributed by atoms with E-state index in [1.54, 1.807) is 11.6 Å². The normalized spacial score (nSPS) is 23.4. The molecular formula is C17H20F3N3O3. The highest BCUT2D eigenvalue weighted by Gasteiger charge is 2.55. The van der Waals surface area contributed by atoms with E-state index in [9.17, 15) is 18.3 Å². The van der Waals surface area contributed by atoms with Gasteiger partial charge in [-0.1, -0.05) is 12.1 Å². The van der Waals surface area contributed by atoms with Gasteiger partial charge in [0.2, 0.25) is 5.60 Å². The zero-order chi connectivity index (χ0) is 18.7. The molecule has 0 aromatic carbocycles. The van der Waals surface area contributed by atoms with Gasteiger partial charge < -0.3 is 14.4 Å². The first-order valence-corrected chi connectivity index (χ1v) is 8.65. The Morgan fingerprint density at radius 2 is 1.96 bits per heavy atom. The molecule has 0 bridgehead atoms. The van der Waals surface area contributed by atoms with Crippen molar-refractivity contribution < 1.29 is 27.5 Å². The number of ether oxygens (including phenoxy) is 1. The minimum Gasteiger partial charge on any atom is -0.381 e. The lowest BCUT2D eigenvalue weighted by Gasteiger charge is -2.27. The van der Waals surface area contributed by atoms with Gasteiger partial charge in [-0.3, -0.25) is 4.68 Å². The third-order valence-corrected chi connectivity index (χ3v) is 5.35. The van der Waals surface area contributed by atoms with E-state index < -0.39 is 17.5 Å². The molecule has 2 aliphatic rings. The number of rotatable bonds is 2. The second-order valence-corrected chi connectivity index (χ2v) is 7.27. The Labute approximate surface area is 147 Å². The van der Waals surface area contributed by atoms with Crippen molar-refractivity contribution in [3.63, 3.8) is 0 Å². The summed E-state index contributed by atoms with van der Waals surface area (Å²) in [4.78, 5) is 0. The van der Waals surface area contributed by atoms with Crippen molar-refractivity contribution in [1.29, 1.82) is 0 Å². The SMILES string of the molecule is C[C@H]1Cn2nc(C3CCOCC3)cc2-c2onc([C@@](C)(O)C(F)(F)F)c21. The van der Waals surface area contributed by atoms with Gasteiger partial charge in [0.05, 0.1) is 5.69 Å². The maximum absolute atomic E-state index is 13.3. The van der Waals surface area contributed by atoms with Gasteiger partial charge in [0, 0.05) is 37.2 Å². The van der Waals surface area contributed by atoms with Crippen molar-refractivity contribution in [2.45, 2.75) is 56.8 Å². The zero-order valence-electron chi connectivity index (χ0n) is 14.5. The van der Waals surface area contributed by atoms with E-state index in [0.29, 0.717) is 37.9 Å². The maximum Gasteiger partial charge on any atom is 0.422 e. The Kier molecular flexibility index (Phi) is 3.92. The van der Waals surface area contributed by atoms with Crippen LogP contribution in [0.4, 0.5) is 13.2 Å². The summed E-state index contributed by atoms with van der Waals surface area (Å²) >= 11 is 0. The Morgan fingerprint density at radius 1 is 1.27 bits per heavy atom. The van der Waals surface area contributed by atoms with E-state index in [-0.39, 0.29) is 17.6 Å². The number of fused-ring (bicyclic) bond motifs is 3. The molecule has 0 spiro atoms. The van der Waals surface area contributed by atoms with Gasteiger partial charge in [0.15, 0.2) is 5.76 Å². The van der Waals surface area contributed by atoms with Crippen molar-refractivity contribution >= 4 is 0 Å². The van der Waals surface area contributed by atoms with E-state index in [1.807, 2.05) is 6.07 Å². The molecule has 2 aliphatic heterocycles. The highest BCUT2D eigenvalue weighted by molar-refractivity contribution is 5.62. The average molecular weight is 371 g/mol. The molecule has 4 rings (SSSR count). The standard InChI is InChI=1S/C17H20F3N3O3/c1-9-8-23-12(7-11(21-23)10-3-5-25-6-4-10)14-13(9)15(22-26-14)16(2,24)17(18,19)20/h7,9-10,24H,3-6,8H2,1-2H3/t9-,16+/m0/s1. The lowest BCUT2D eigenvalue weighted by Crippen LogP contribution is -2.40. The Bertz CT molecular complexity index is 819. The van der Waals surface area contributed by atoms with Gasteiger partial charge >= 0.3 is 6.18 Å². The number of hydrogen-bond acceptors (Lipinski definition) is 5. The Balaban J connectivity index is 1.77. The van der Waals surface area contributed by atoms with Crippen molar-refractivity contribution in [3.8, 4) is 11.5 Å². The predicted octanol–water partition coefficient (Wildman–Crippen LogP) is 3.32. The van der Waals surface area contributed by atoms with Crippen LogP contribution in [0.3, 0.4) is 0 Å². The van der Waals surface area contributed by atoms with E-state index in [0.717, 1.165) is 18.5 Å². The number of alkyl halides is 3. The van der Waals surface area contributed by atoms with E-state index in [4.69, 9.17) is 9.26 Å². The first-order valence-electron chi connectivity index (χ1n) is 8.65. The maximum atomic E-state index is 13.3. The van der Waals surface area contributed by atoms with E-state index in [1.165, 1.54) is 0 Å². The van der Waals surface area contributed by atoms with Crippen LogP contribution >= 0.6 is 0 Å². The van der Waals surface area contributed by atoms with Crippen LogP contribution in [-0.2, 0) is 16.9 Å². The number of aliphatic hydroxyl groups is 1. The molecule has 2 atom stereocenters. The van der Waals surface area contributed by atoms with Crippen LogP contribution in [0.1, 0.15) is 55.5 Å². The first kappa shape index (κ1) is 17.5. The van der Waals surface area contributed by atoms with Crippen LogP contribution in [0.15, 0.2) is 10.6 Å². The lowest BCUT2D eigenvalue weighted by molar-refractivity contribution is -0.261. The summed E-state index contributed by atoms with van der Waals surface area (Å²) in [5, 5.41) is 18.3. The molecule has 1 fully saturated rings. The van der Waals surface area contributed by atoms with Crippen LogP contribution in [0.2, 0.25) is 0 Å². The molecular weight excluding hydrogens is 351 g/mol. The minimum absolute atomic E-state index is 0.258. The monoisotopic (exact) mass is 371 g/mol. The Hall–Kier alpha value is -1.87. The molecule has 6 nitrogen and oxygen atoms in total. The van der Waals surface area contributed by atoms with Crippen LogP contribution < -0.4 is 0 Å². The number of nitrogens with zero attached hydrogens (tertiary/aromatic N) is 3. The predicted molar refractivity (Wildman–Crippen MR) is 84.6 cm³/mol. The molecule has 1 saturated heterocycles. The van der Waals surface area contributed by atoms with E-state index in [2.05, 4.69) is 10.3 Å². The summed E-state index contributed by atoms with van der Waals surface area (Å²) in [5.74, 6) is 0.213. The third kappa shape index (κ3) is 2.56. The number of halogens is 3. The summed E-state index contributed by atoms with van der Waals surface area (Å²) in [6, 6.07) is 1.86.